The first-order chi connectivity index (χ1) is 11.8. The van der Waals surface area contributed by atoms with Crippen LogP contribution in [0.2, 0.25) is 0 Å². The van der Waals surface area contributed by atoms with Crippen molar-refractivity contribution in [3.63, 3.8) is 0 Å². The summed E-state index contributed by atoms with van der Waals surface area (Å²) in [5.41, 5.74) is 1.06. The molecule has 0 saturated heterocycles. The second-order valence-electron chi connectivity index (χ2n) is 5.60. The summed E-state index contributed by atoms with van der Waals surface area (Å²) < 4.78 is 13.2. The third kappa shape index (κ3) is 3.27. The van der Waals surface area contributed by atoms with Crippen molar-refractivity contribution in [2.24, 2.45) is 0 Å². The van der Waals surface area contributed by atoms with Gasteiger partial charge in [0.2, 0.25) is 0 Å². The van der Waals surface area contributed by atoms with Crippen LogP contribution in [0.4, 0.5) is 0 Å². The maximum absolute atomic E-state index is 9.28. The highest BCUT2D eigenvalue weighted by Gasteiger charge is 2.22. The zero-order valence-electron chi connectivity index (χ0n) is 13.8. The Bertz CT molecular complexity index is 714. The van der Waals surface area contributed by atoms with Crippen LogP contribution in [0.15, 0.2) is 30.9 Å². The van der Waals surface area contributed by atoms with Gasteiger partial charge in [-0.25, -0.2) is 0 Å². The van der Waals surface area contributed by atoms with Gasteiger partial charge in [0.05, 0.1) is 13.7 Å². The van der Waals surface area contributed by atoms with Crippen molar-refractivity contribution in [1.82, 2.24) is 19.7 Å². The van der Waals surface area contributed by atoms with Gasteiger partial charge in [0.25, 0.3) is 0 Å². The summed E-state index contributed by atoms with van der Waals surface area (Å²) in [6, 6.07) is 5.90. The Hall–Kier alpha value is -2.38. The summed E-state index contributed by atoms with van der Waals surface area (Å²) >= 11 is 0. The Kier molecular flexibility index (Phi) is 5.12. The largest absolute Gasteiger partial charge is 0.493 e. The van der Waals surface area contributed by atoms with Crippen LogP contribution in [0.1, 0.15) is 17.2 Å². The van der Waals surface area contributed by atoms with Gasteiger partial charge in [0, 0.05) is 25.2 Å². The molecule has 0 amide bonds. The number of nitrogens with zero attached hydrogens (tertiary/aromatic N) is 4. The molecule has 0 fully saturated rings. The smallest absolute Gasteiger partial charge is 0.166 e. The predicted octanol–water partition coefficient (Wildman–Crippen LogP) is 1.36. The van der Waals surface area contributed by atoms with E-state index in [1.807, 2.05) is 22.8 Å². The van der Waals surface area contributed by atoms with Crippen molar-refractivity contribution in [3.8, 4) is 11.5 Å². The van der Waals surface area contributed by atoms with E-state index in [1.165, 1.54) is 0 Å². The van der Waals surface area contributed by atoms with Gasteiger partial charge in [0.1, 0.15) is 19.0 Å². The normalized spacial score (nSPS) is 14.2. The zero-order valence-corrected chi connectivity index (χ0v) is 13.8. The summed E-state index contributed by atoms with van der Waals surface area (Å²) in [5.74, 6) is 2.97. The number of aromatic nitrogens is 3. The number of fused-ring (bicyclic) bond motifs is 1. The minimum absolute atomic E-state index is 0.0809. The van der Waals surface area contributed by atoms with Gasteiger partial charge in [-0.05, 0) is 6.07 Å². The first kappa shape index (κ1) is 16.5. The number of rotatable bonds is 7. The van der Waals surface area contributed by atoms with Crippen LogP contribution in [0, 0.1) is 0 Å². The van der Waals surface area contributed by atoms with Crippen LogP contribution in [0.5, 0.6) is 11.5 Å². The molecule has 1 N–H and O–H groups in total. The molecule has 0 spiro atoms. The van der Waals surface area contributed by atoms with Crippen molar-refractivity contribution in [3.05, 3.63) is 48.1 Å². The van der Waals surface area contributed by atoms with E-state index in [9.17, 15) is 5.11 Å². The molecule has 0 atom stereocenters. The minimum atomic E-state index is -0.0809. The van der Waals surface area contributed by atoms with Gasteiger partial charge in [-0.2, -0.15) is 0 Å². The fourth-order valence-electron chi connectivity index (χ4n) is 2.91. The lowest BCUT2D eigenvalue weighted by Crippen LogP contribution is -2.34. The van der Waals surface area contributed by atoms with Crippen molar-refractivity contribution in [2.45, 2.75) is 26.2 Å². The third-order valence-corrected chi connectivity index (χ3v) is 4.07. The van der Waals surface area contributed by atoms with Crippen molar-refractivity contribution in [2.75, 3.05) is 20.3 Å². The molecule has 1 aromatic carbocycles. The second-order valence-corrected chi connectivity index (χ2v) is 5.60. The molecule has 0 radical (unpaired) electrons. The van der Waals surface area contributed by atoms with Crippen molar-refractivity contribution >= 4 is 0 Å². The third-order valence-electron chi connectivity index (χ3n) is 4.07. The fourth-order valence-corrected chi connectivity index (χ4v) is 2.91. The Labute approximate surface area is 141 Å². The van der Waals surface area contributed by atoms with Crippen LogP contribution in [0.25, 0.3) is 0 Å². The second kappa shape index (κ2) is 7.46. The van der Waals surface area contributed by atoms with Gasteiger partial charge >= 0.3 is 0 Å². The molecule has 24 heavy (non-hydrogen) atoms. The van der Waals surface area contributed by atoms with Gasteiger partial charge in [-0.15, -0.1) is 10.2 Å². The lowest BCUT2D eigenvalue weighted by molar-refractivity contribution is 0.196. The number of benzene rings is 1. The molecule has 128 valence electrons. The van der Waals surface area contributed by atoms with Crippen LogP contribution in [-0.4, -0.2) is 45.0 Å². The van der Waals surface area contributed by atoms with Gasteiger partial charge in [-0.3, -0.25) is 4.90 Å². The van der Waals surface area contributed by atoms with Crippen LogP contribution in [-0.2, 0) is 26.2 Å². The zero-order chi connectivity index (χ0) is 16.9. The highest BCUT2D eigenvalue weighted by Crippen LogP contribution is 2.32. The van der Waals surface area contributed by atoms with E-state index >= 15 is 0 Å². The lowest BCUT2D eigenvalue weighted by atomic mass is 10.1. The molecule has 1 aliphatic rings. The first-order valence-corrected chi connectivity index (χ1v) is 7.90. The maximum Gasteiger partial charge on any atom is 0.166 e. The molecular formula is C17H22N4O3. The molecule has 0 unspecified atom stereocenters. The molecule has 0 aliphatic carbocycles. The van der Waals surface area contributed by atoms with E-state index in [4.69, 9.17) is 9.47 Å². The molecule has 2 aromatic rings. The van der Waals surface area contributed by atoms with Crippen LogP contribution < -0.4 is 9.47 Å². The summed E-state index contributed by atoms with van der Waals surface area (Å²) in [7, 11) is 1.64. The predicted molar refractivity (Wildman–Crippen MR) is 88.7 cm³/mol. The molecule has 7 heteroatoms. The number of hydrogen-bond acceptors (Lipinski definition) is 6. The quantitative estimate of drug-likeness (QED) is 0.773. The Morgan fingerprint density at radius 2 is 2.21 bits per heavy atom. The Balaban J connectivity index is 1.77. The van der Waals surface area contributed by atoms with E-state index in [0.717, 1.165) is 42.5 Å². The molecule has 3 rings (SSSR count). The first-order valence-electron chi connectivity index (χ1n) is 7.90. The van der Waals surface area contributed by atoms with E-state index in [2.05, 4.69) is 21.7 Å². The van der Waals surface area contributed by atoms with Gasteiger partial charge in [0.15, 0.2) is 17.3 Å². The van der Waals surface area contributed by atoms with Gasteiger partial charge in [-0.1, -0.05) is 24.8 Å². The Morgan fingerprint density at radius 3 is 2.96 bits per heavy atom. The van der Waals surface area contributed by atoms with E-state index in [0.29, 0.717) is 19.0 Å². The number of methoxy groups -OCH3 is 1. The average molecular weight is 330 g/mol. The van der Waals surface area contributed by atoms with Crippen LogP contribution >= 0.6 is 0 Å². The highest BCUT2D eigenvalue weighted by molar-refractivity contribution is 5.46. The van der Waals surface area contributed by atoms with E-state index in [-0.39, 0.29) is 6.61 Å². The average Bonchev–Trinajstić information content (AvgIpc) is 3.02. The SMILES string of the molecule is C=CCOc1c(CN2CCn3c(CO)nnc3C2)cccc1OC. The molecule has 0 bridgehead atoms. The van der Waals surface area contributed by atoms with E-state index < -0.39 is 0 Å². The van der Waals surface area contributed by atoms with E-state index in [1.54, 1.807) is 13.2 Å². The molecule has 7 nitrogen and oxygen atoms in total. The summed E-state index contributed by atoms with van der Waals surface area (Å²) in [6.45, 7) is 7.09. The highest BCUT2D eigenvalue weighted by atomic mass is 16.5. The minimum Gasteiger partial charge on any atom is -0.493 e. The maximum atomic E-state index is 9.28. The fraction of sp³-hybridized carbons (Fsp3) is 0.412. The summed E-state index contributed by atoms with van der Waals surface area (Å²) in [4.78, 5) is 2.28. The molecule has 1 aromatic heterocycles. The number of ether oxygens (including phenoxy) is 2. The molecule has 2 heterocycles. The summed E-state index contributed by atoms with van der Waals surface area (Å²) in [5, 5.41) is 17.5. The molecule has 0 saturated carbocycles. The number of para-hydroxylation sites is 1. The van der Waals surface area contributed by atoms with Gasteiger partial charge < -0.3 is 19.1 Å². The number of aliphatic hydroxyl groups is 1. The van der Waals surface area contributed by atoms with Crippen molar-refractivity contribution in [1.29, 1.82) is 0 Å². The Morgan fingerprint density at radius 1 is 1.33 bits per heavy atom. The number of hydrogen-bond donors (Lipinski definition) is 1. The lowest BCUT2D eigenvalue weighted by Gasteiger charge is -2.28. The summed E-state index contributed by atoms with van der Waals surface area (Å²) in [6.07, 6.45) is 1.72. The molecule has 1 aliphatic heterocycles. The number of aliphatic hydroxyl groups excluding tert-OH is 1. The topological polar surface area (TPSA) is 72.6 Å². The standard InChI is InChI=1S/C17H22N4O3/c1-3-9-24-17-13(5-4-6-14(17)23-2)10-20-7-8-21-15(11-20)18-19-16(21)12-22/h3-6,22H,1,7-12H2,2H3. The monoisotopic (exact) mass is 330 g/mol. The molecular weight excluding hydrogens is 308 g/mol. The van der Waals surface area contributed by atoms with Crippen LogP contribution in [0.3, 0.4) is 0 Å². The van der Waals surface area contributed by atoms with Crippen molar-refractivity contribution < 1.29 is 14.6 Å².